The molecule has 0 saturated carbocycles. The number of H-pyrrole nitrogens is 1. The molecule has 136 valence electrons. The molecule has 4 rings (SSSR count). The molecule has 0 amide bonds. The maximum atomic E-state index is 13.5. The Labute approximate surface area is 160 Å². The molecule has 27 heavy (non-hydrogen) atoms. The molecule has 0 aliphatic heterocycles. The number of anilines is 2. The van der Waals surface area contributed by atoms with Crippen LogP contribution in [-0.2, 0) is 7.05 Å². The van der Waals surface area contributed by atoms with Crippen molar-refractivity contribution in [2.45, 2.75) is 0 Å². The summed E-state index contributed by atoms with van der Waals surface area (Å²) in [4.78, 5) is 12.2. The minimum absolute atomic E-state index is 0.0635. The second-order valence-electron chi connectivity index (χ2n) is 6.17. The number of aromatic nitrogens is 3. The van der Waals surface area contributed by atoms with Gasteiger partial charge in [0.05, 0.1) is 10.7 Å². The molecule has 0 spiro atoms. The summed E-state index contributed by atoms with van der Waals surface area (Å²) in [5, 5.41) is 4.50. The number of halogens is 2. The second-order valence-corrected chi connectivity index (χ2v) is 6.57. The molecule has 2 N–H and O–H groups in total. The summed E-state index contributed by atoms with van der Waals surface area (Å²) in [7, 11) is 3.60. The van der Waals surface area contributed by atoms with Gasteiger partial charge in [-0.25, -0.2) is 9.37 Å². The van der Waals surface area contributed by atoms with Gasteiger partial charge in [-0.05, 0) is 42.5 Å². The average Bonchev–Trinajstić information content (AvgIpc) is 3.11. The second kappa shape index (κ2) is 6.89. The molecule has 0 aliphatic carbocycles. The van der Waals surface area contributed by atoms with E-state index in [0.29, 0.717) is 17.0 Å². The third kappa shape index (κ3) is 3.31. The van der Waals surface area contributed by atoms with Gasteiger partial charge < -0.3 is 14.9 Å². The minimum atomic E-state index is -0.455. The minimum Gasteiger partial charge on any atom is -0.361 e. The summed E-state index contributed by atoms with van der Waals surface area (Å²) >= 11 is 5.93. The van der Waals surface area contributed by atoms with Crippen LogP contribution in [0, 0.1) is 5.82 Å². The lowest BCUT2D eigenvalue weighted by Crippen LogP contribution is -2.23. The molecule has 2 aromatic heterocycles. The van der Waals surface area contributed by atoms with Crippen molar-refractivity contribution in [1.29, 1.82) is 0 Å². The van der Waals surface area contributed by atoms with E-state index in [1.807, 2.05) is 48.3 Å². The van der Waals surface area contributed by atoms with Gasteiger partial charge in [-0.15, -0.1) is 0 Å². The van der Waals surface area contributed by atoms with Crippen molar-refractivity contribution in [1.82, 2.24) is 14.5 Å². The van der Waals surface area contributed by atoms with E-state index in [0.717, 1.165) is 22.2 Å². The van der Waals surface area contributed by atoms with Gasteiger partial charge in [0.15, 0.2) is 11.3 Å². The molecule has 0 fully saturated rings. The largest absolute Gasteiger partial charge is 0.361 e. The van der Waals surface area contributed by atoms with Crippen LogP contribution in [0.15, 0.2) is 59.9 Å². The predicted molar refractivity (Wildman–Crippen MR) is 107 cm³/mol. The highest BCUT2D eigenvalue weighted by molar-refractivity contribution is 6.31. The third-order valence-corrected chi connectivity index (χ3v) is 4.63. The lowest BCUT2D eigenvalue weighted by atomic mass is 10.1. The summed E-state index contributed by atoms with van der Waals surface area (Å²) in [6.07, 6.45) is 3.74. The molecule has 0 atom stereocenters. The van der Waals surface area contributed by atoms with Crippen molar-refractivity contribution < 1.29 is 4.39 Å². The maximum absolute atomic E-state index is 13.5. The first-order chi connectivity index (χ1) is 13.0. The predicted octanol–water partition coefficient (Wildman–Crippen LogP) is 4.64. The first-order valence-corrected chi connectivity index (χ1v) is 8.73. The summed E-state index contributed by atoms with van der Waals surface area (Å²) in [5.41, 5.74) is 4.05. The summed E-state index contributed by atoms with van der Waals surface area (Å²) in [6.45, 7) is 0. The molecular weight excluding hydrogens is 365 g/mol. The van der Waals surface area contributed by atoms with Crippen molar-refractivity contribution >= 4 is 34.0 Å². The molecule has 2 heterocycles. The van der Waals surface area contributed by atoms with E-state index in [1.165, 1.54) is 6.07 Å². The average molecular weight is 382 g/mol. The smallest absolute Gasteiger partial charge is 0.174 e. The van der Waals surface area contributed by atoms with E-state index in [2.05, 4.69) is 15.3 Å². The van der Waals surface area contributed by atoms with Crippen LogP contribution in [0.5, 0.6) is 0 Å². The molecule has 4 aromatic rings. The Balaban J connectivity index is 1.80. The van der Waals surface area contributed by atoms with Gasteiger partial charge in [0.25, 0.3) is 0 Å². The Morgan fingerprint density at radius 1 is 1.19 bits per heavy atom. The number of fused-ring (bicyclic) bond motifs is 1. The van der Waals surface area contributed by atoms with Gasteiger partial charge >= 0.3 is 0 Å². The fourth-order valence-electron chi connectivity index (χ4n) is 3.02. The van der Waals surface area contributed by atoms with Crippen molar-refractivity contribution in [3.63, 3.8) is 0 Å². The van der Waals surface area contributed by atoms with Gasteiger partial charge in [0, 0.05) is 48.6 Å². The number of benzene rings is 2. The van der Waals surface area contributed by atoms with Gasteiger partial charge in [0.2, 0.25) is 0 Å². The van der Waals surface area contributed by atoms with Crippen molar-refractivity contribution in [3.8, 4) is 11.3 Å². The monoisotopic (exact) mass is 381 g/mol. The number of nitrogens with zero attached hydrogens (tertiary/aromatic N) is 3. The zero-order valence-corrected chi connectivity index (χ0v) is 15.5. The fraction of sp³-hybridized carbons (Fsp3) is 0.100. The van der Waals surface area contributed by atoms with Crippen LogP contribution in [0.3, 0.4) is 0 Å². The number of aromatic amines is 1. The van der Waals surface area contributed by atoms with E-state index >= 15 is 0 Å². The number of nitrogens with one attached hydrogen (secondary N) is 2. The standard InChI is InChI=1S/C20H17ClFN5/c1-23-20-19(25-14-4-6-17-13(9-14)7-8-24-17)26-18(11-27(20)2)12-3-5-16(22)15(21)10-12/h3-11,24H,1-2H3,(H,25,26). The highest BCUT2D eigenvalue weighted by Crippen LogP contribution is 2.25. The van der Waals surface area contributed by atoms with Crippen LogP contribution in [0.25, 0.3) is 22.2 Å². The highest BCUT2D eigenvalue weighted by atomic mass is 35.5. The molecule has 5 nitrogen and oxygen atoms in total. The SMILES string of the molecule is CN=c1c(Nc2ccc3[nH]ccc3c2)nc(-c2ccc(F)c(Cl)c2)cn1C. The van der Waals surface area contributed by atoms with Crippen LogP contribution in [-0.4, -0.2) is 21.6 Å². The fourth-order valence-corrected chi connectivity index (χ4v) is 3.20. The zero-order chi connectivity index (χ0) is 19.0. The van der Waals surface area contributed by atoms with Crippen LogP contribution in [0.2, 0.25) is 5.02 Å². The highest BCUT2D eigenvalue weighted by Gasteiger charge is 2.10. The Morgan fingerprint density at radius 3 is 2.81 bits per heavy atom. The number of rotatable bonds is 3. The molecule has 0 saturated heterocycles. The van der Waals surface area contributed by atoms with Gasteiger partial charge in [0.1, 0.15) is 5.82 Å². The van der Waals surface area contributed by atoms with E-state index in [9.17, 15) is 4.39 Å². The number of hydrogen-bond acceptors (Lipinski definition) is 3. The van der Waals surface area contributed by atoms with Crippen molar-refractivity contribution in [3.05, 3.63) is 71.2 Å². The van der Waals surface area contributed by atoms with Crippen LogP contribution >= 0.6 is 11.6 Å². The van der Waals surface area contributed by atoms with E-state index in [-0.39, 0.29) is 5.02 Å². The van der Waals surface area contributed by atoms with Gasteiger partial charge in [-0.1, -0.05) is 11.6 Å². The molecule has 0 radical (unpaired) electrons. The topological polar surface area (TPSA) is 58.0 Å². The molecule has 2 aromatic carbocycles. The Bertz CT molecular complexity index is 1210. The molecule has 7 heteroatoms. The number of aryl methyl sites for hydroxylation is 1. The van der Waals surface area contributed by atoms with Gasteiger partial charge in [-0.2, -0.15) is 0 Å². The maximum Gasteiger partial charge on any atom is 0.174 e. The first kappa shape index (κ1) is 17.3. The Kier molecular flexibility index (Phi) is 4.41. The summed E-state index contributed by atoms with van der Waals surface area (Å²) in [5.74, 6) is 0.149. The van der Waals surface area contributed by atoms with Crippen molar-refractivity contribution in [2.24, 2.45) is 12.0 Å². The van der Waals surface area contributed by atoms with Crippen molar-refractivity contribution in [2.75, 3.05) is 12.4 Å². The Morgan fingerprint density at radius 2 is 2.04 bits per heavy atom. The van der Waals surface area contributed by atoms with Crippen LogP contribution in [0.4, 0.5) is 15.9 Å². The van der Waals surface area contributed by atoms with Gasteiger partial charge in [-0.3, -0.25) is 4.99 Å². The summed E-state index contributed by atoms with van der Waals surface area (Å²) in [6, 6.07) is 12.6. The first-order valence-electron chi connectivity index (χ1n) is 8.35. The van der Waals surface area contributed by atoms with Crippen LogP contribution < -0.4 is 10.8 Å². The molecular formula is C20H17ClFN5. The molecule has 0 aliphatic rings. The third-order valence-electron chi connectivity index (χ3n) is 4.34. The lowest BCUT2D eigenvalue weighted by Gasteiger charge is -2.12. The van der Waals surface area contributed by atoms with Crippen LogP contribution in [0.1, 0.15) is 0 Å². The normalized spacial score (nSPS) is 11.9. The molecule has 0 unspecified atom stereocenters. The van der Waals surface area contributed by atoms with E-state index in [1.54, 1.807) is 19.2 Å². The van der Waals surface area contributed by atoms with E-state index in [4.69, 9.17) is 16.6 Å². The zero-order valence-electron chi connectivity index (χ0n) is 14.8. The summed E-state index contributed by atoms with van der Waals surface area (Å²) < 4.78 is 15.4. The molecule has 0 bridgehead atoms. The number of hydrogen-bond donors (Lipinski definition) is 2. The van der Waals surface area contributed by atoms with E-state index < -0.39 is 5.82 Å². The quantitative estimate of drug-likeness (QED) is 0.543. The lowest BCUT2D eigenvalue weighted by molar-refractivity contribution is 0.628. The Hall–Kier alpha value is -3.12.